The minimum atomic E-state index is 0.222. The van der Waals surface area contributed by atoms with Crippen LogP contribution >= 0.6 is 0 Å². The molecule has 1 unspecified atom stereocenters. The molecule has 0 saturated carbocycles. The molecule has 4 heteroatoms. The monoisotopic (exact) mass is 211 g/mol. The second-order valence-corrected chi connectivity index (χ2v) is 3.96. The number of aliphatic hydroxyl groups excluding tert-OH is 1. The normalized spacial score (nSPS) is 13.0. The Bertz CT molecular complexity index is 273. The molecule has 0 saturated heterocycles. The molecule has 0 bridgehead atoms. The SMILES string of the molecule is CCCNCc1nccn1CC(C)CO. The van der Waals surface area contributed by atoms with Crippen LogP contribution in [0.25, 0.3) is 0 Å². The Balaban J connectivity index is 2.45. The maximum atomic E-state index is 8.99. The zero-order chi connectivity index (χ0) is 11.1. The molecular weight excluding hydrogens is 190 g/mol. The Hall–Kier alpha value is -0.870. The average molecular weight is 211 g/mol. The molecule has 0 aliphatic rings. The molecule has 0 amide bonds. The number of aromatic nitrogens is 2. The summed E-state index contributed by atoms with van der Waals surface area (Å²) in [7, 11) is 0. The van der Waals surface area contributed by atoms with Gasteiger partial charge in [0.05, 0.1) is 6.54 Å². The first kappa shape index (κ1) is 12.2. The van der Waals surface area contributed by atoms with Crippen LogP contribution in [0, 0.1) is 5.92 Å². The quantitative estimate of drug-likeness (QED) is 0.662. The first-order chi connectivity index (χ1) is 7.27. The highest BCUT2D eigenvalue weighted by atomic mass is 16.3. The molecule has 86 valence electrons. The van der Waals surface area contributed by atoms with Gasteiger partial charge in [-0.3, -0.25) is 0 Å². The fourth-order valence-corrected chi connectivity index (χ4v) is 1.44. The van der Waals surface area contributed by atoms with E-state index >= 15 is 0 Å². The maximum absolute atomic E-state index is 8.99. The van der Waals surface area contributed by atoms with E-state index in [0.29, 0.717) is 0 Å². The minimum Gasteiger partial charge on any atom is -0.396 e. The average Bonchev–Trinajstić information content (AvgIpc) is 2.66. The summed E-state index contributed by atoms with van der Waals surface area (Å²) in [5.74, 6) is 1.33. The lowest BCUT2D eigenvalue weighted by atomic mass is 10.2. The highest BCUT2D eigenvalue weighted by Crippen LogP contribution is 2.03. The van der Waals surface area contributed by atoms with Gasteiger partial charge in [0.15, 0.2) is 0 Å². The topological polar surface area (TPSA) is 50.1 Å². The van der Waals surface area contributed by atoms with Crippen LogP contribution in [0.2, 0.25) is 0 Å². The molecule has 0 radical (unpaired) electrons. The first-order valence-electron chi connectivity index (χ1n) is 5.59. The van der Waals surface area contributed by atoms with Gasteiger partial charge in [0, 0.05) is 25.5 Å². The summed E-state index contributed by atoms with van der Waals surface area (Å²) in [5, 5.41) is 12.3. The Morgan fingerprint density at radius 3 is 3.07 bits per heavy atom. The molecule has 0 fully saturated rings. The van der Waals surface area contributed by atoms with Crippen LogP contribution in [-0.4, -0.2) is 27.8 Å². The van der Waals surface area contributed by atoms with Gasteiger partial charge in [-0.15, -0.1) is 0 Å². The fourth-order valence-electron chi connectivity index (χ4n) is 1.44. The number of hydrogen-bond acceptors (Lipinski definition) is 3. The van der Waals surface area contributed by atoms with Crippen LogP contribution in [0.3, 0.4) is 0 Å². The van der Waals surface area contributed by atoms with E-state index in [1.54, 1.807) is 0 Å². The van der Waals surface area contributed by atoms with Gasteiger partial charge in [-0.05, 0) is 18.9 Å². The van der Waals surface area contributed by atoms with Crippen molar-refractivity contribution in [3.05, 3.63) is 18.2 Å². The lowest BCUT2D eigenvalue weighted by molar-refractivity contribution is 0.221. The zero-order valence-electron chi connectivity index (χ0n) is 9.61. The molecule has 2 N–H and O–H groups in total. The lowest BCUT2D eigenvalue weighted by Gasteiger charge is -2.12. The van der Waals surface area contributed by atoms with Crippen LogP contribution in [0.1, 0.15) is 26.1 Å². The molecule has 1 aromatic heterocycles. The number of nitrogens with one attached hydrogen (secondary N) is 1. The second-order valence-electron chi connectivity index (χ2n) is 3.96. The number of rotatable bonds is 7. The summed E-state index contributed by atoms with van der Waals surface area (Å²) in [6, 6.07) is 0. The van der Waals surface area contributed by atoms with Crippen LogP contribution in [0.4, 0.5) is 0 Å². The van der Waals surface area contributed by atoms with Crippen LogP contribution in [-0.2, 0) is 13.1 Å². The summed E-state index contributed by atoms with van der Waals surface area (Å²) < 4.78 is 2.10. The van der Waals surface area contributed by atoms with Crippen LogP contribution < -0.4 is 5.32 Å². The van der Waals surface area contributed by atoms with E-state index in [-0.39, 0.29) is 12.5 Å². The Kier molecular flexibility index (Phi) is 5.36. The van der Waals surface area contributed by atoms with E-state index in [9.17, 15) is 0 Å². The summed E-state index contributed by atoms with van der Waals surface area (Å²) in [6.07, 6.45) is 4.91. The largest absolute Gasteiger partial charge is 0.396 e. The van der Waals surface area contributed by atoms with E-state index < -0.39 is 0 Å². The van der Waals surface area contributed by atoms with Crippen molar-refractivity contribution < 1.29 is 5.11 Å². The van der Waals surface area contributed by atoms with Crippen LogP contribution in [0.15, 0.2) is 12.4 Å². The summed E-state index contributed by atoms with van der Waals surface area (Å²) >= 11 is 0. The van der Waals surface area contributed by atoms with Crippen molar-refractivity contribution in [2.45, 2.75) is 33.4 Å². The van der Waals surface area contributed by atoms with Gasteiger partial charge in [0.2, 0.25) is 0 Å². The van der Waals surface area contributed by atoms with Crippen LogP contribution in [0.5, 0.6) is 0 Å². The van der Waals surface area contributed by atoms with Gasteiger partial charge in [0.25, 0.3) is 0 Å². The van der Waals surface area contributed by atoms with E-state index in [2.05, 4.69) is 21.8 Å². The van der Waals surface area contributed by atoms with E-state index in [1.165, 1.54) is 0 Å². The molecule has 4 nitrogen and oxygen atoms in total. The van der Waals surface area contributed by atoms with Gasteiger partial charge in [0.1, 0.15) is 5.82 Å². The van der Waals surface area contributed by atoms with Crippen molar-refractivity contribution in [1.29, 1.82) is 0 Å². The number of hydrogen-bond donors (Lipinski definition) is 2. The number of imidazole rings is 1. The third-order valence-corrected chi connectivity index (χ3v) is 2.33. The van der Waals surface area contributed by atoms with E-state index in [4.69, 9.17) is 5.11 Å². The molecule has 1 atom stereocenters. The molecular formula is C11H21N3O. The van der Waals surface area contributed by atoms with Gasteiger partial charge in [-0.1, -0.05) is 13.8 Å². The van der Waals surface area contributed by atoms with Crippen molar-refractivity contribution in [2.24, 2.45) is 5.92 Å². The third kappa shape index (κ3) is 4.01. The standard InChI is InChI=1S/C11H21N3O/c1-3-4-12-7-11-13-5-6-14(11)8-10(2)9-15/h5-6,10,12,15H,3-4,7-9H2,1-2H3. The van der Waals surface area contributed by atoms with Gasteiger partial charge >= 0.3 is 0 Å². The fraction of sp³-hybridized carbons (Fsp3) is 0.727. The van der Waals surface area contributed by atoms with E-state index in [1.807, 2.05) is 19.3 Å². The molecule has 15 heavy (non-hydrogen) atoms. The number of nitrogens with zero attached hydrogens (tertiary/aromatic N) is 2. The van der Waals surface area contributed by atoms with Crippen molar-refractivity contribution in [3.63, 3.8) is 0 Å². The van der Waals surface area contributed by atoms with Crippen molar-refractivity contribution in [2.75, 3.05) is 13.2 Å². The van der Waals surface area contributed by atoms with Gasteiger partial charge in [-0.2, -0.15) is 0 Å². The molecule has 1 aromatic rings. The third-order valence-electron chi connectivity index (χ3n) is 2.33. The Labute approximate surface area is 91.3 Å². The summed E-state index contributed by atoms with van der Waals surface area (Å²) in [6.45, 7) is 7.05. The predicted octanol–water partition coefficient (Wildman–Crippen LogP) is 1.01. The molecule has 0 aromatic carbocycles. The lowest BCUT2D eigenvalue weighted by Crippen LogP contribution is -2.19. The maximum Gasteiger partial charge on any atom is 0.122 e. The van der Waals surface area contributed by atoms with Gasteiger partial charge < -0.3 is 15.0 Å². The minimum absolute atomic E-state index is 0.222. The van der Waals surface area contributed by atoms with Crippen molar-refractivity contribution in [3.8, 4) is 0 Å². The predicted molar refractivity (Wildman–Crippen MR) is 60.5 cm³/mol. The van der Waals surface area contributed by atoms with E-state index in [0.717, 1.165) is 31.9 Å². The van der Waals surface area contributed by atoms with Crippen molar-refractivity contribution in [1.82, 2.24) is 14.9 Å². The molecule has 1 heterocycles. The molecule has 1 rings (SSSR count). The number of aliphatic hydroxyl groups is 1. The second kappa shape index (κ2) is 6.58. The highest BCUT2D eigenvalue weighted by molar-refractivity contribution is 4.92. The smallest absolute Gasteiger partial charge is 0.122 e. The Morgan fingerprint density at radius 1 is 1.60 bits per heavy atom. The molecule has 0 spiro atoms. The first-order valence-corrected chi connectivity index (χ1v) is 5.59. The molecule has 0 aliphatic heterocycles. The Morgan fingerprint density at radius 2 is 2.40 bits per heavy atom. The van der Waals surface area contributed by atoms with Crippen molar-refractivity contribution >= 4 is 0 Å². The molecule has 0 aliphatic carbocycles. The summed E-state index contributed by atoms with van der Waals surface area (Å²) in [4.78, 5) is 4.29. The highest BCUT2D eigenvalue weighted by Gasteiger charge is 2.05. The zero-order valence-corrected chi connectivity index (χ0v) is 9.61. The summed E-state index contributed by atoms with van der Waals surface area (Å²) in [5.41, 5.74) is 0. The van der Waals surface area contributed by atoms with Gasteiger partial charge in [-0.25, -0.2) is 4.98 Å².